The van der Waals surface area contributed by atoms with Gasteiger partial charge in [-0.3, -0.25) is 4.79 Å². The van der Waals surface area contributed by atoms with Gasteiger partial charge in [0, 0.05) is 7.11 Å². The number of carbonyl (C=O) groups is 1. The monoisotopic (exact) mass is 390 g/mol. The van der Waals surface area contributed by atoms with Crippen LogP contribution in [0.1, 0.15) is 38.5 Å². The summed E-state index contributed by atoms with van der Waals surface area (Å²) in [5.74, 6) is 1.21. The summed E-state index contributed by atoms with van der Waals surface area (Å²) in [5.41, 5.74) is 0.221. The van der Waals surface area contributed by atoms with Crippen LogP contribution in [0.5, 0.6) is 0 Å². The van der Waals surface area contributed by atoms with E-state index in [0.717, 1.165) is 32.1 Å². The number of nitrogens with zero attached hydrogens (tertiary/aromatic N) is 5. The number of methoxy groups -OCH3 is 1. The maximum Gasteiger partial charge on any atom is 0.242 e. The van der Waals surface area contributed by atoms with Crippen LogP contribution in [-0.4, -0.2) is 37.6 Å². The first-order valence-corrected chi connectivity index (χ1v) is 9.79. The molecule has 1 amide bonds. The number of carbonyl (C=O) groups excluding carboxylic acids is 1. The second-order valence-electron chi connectivity index (χ2n) is 8.56. The van der Waals surface area contributed by atoms with Gasteiger partial charge in [0.15, 0.2) is 0 Å². The van der Waals surface area contributed by atoms with Gasteiger partial charge in [-0.2, -0.15) is 5.10 Å². The van der Waals surface area contributed by atoms with Crippen molar-refractivity contribution in [2.75, 3.05) is 12.4 Å². The Bertz CT molecular complexity index is 863. The minimum atomic E-state index is -0.355. The summed E-state index contributed by atoms with van der Waals surface area (Å²) in [5, 5.41) is 12.0. The third-order valence-corrected chi connectivity index (χ3v) is 6.79. The number of amides is 1. The lowest BCUT2D eigenvalue weighted by Gasteiger charge is -2.60. The summed E-state index contributed by atoms with van der Waals surface area (Å²) in [4.78, 5) is 17.5. The second kappa shape index (κ2) is 6.04. The van der Waals surface area contributed by atoms with Gasteiger partial charge in [-0.05, 0) is 62.0 Å². The summed E-state index contributed by atoms with van der Waals surface area (Å²) in [6.07, 6.45) is 11.2. The van der Waals surface area contributed by atoms with E-state index in [2.05, 4.69) is 20.5 Å². The van der Waals surface area contributed by atoms with Crippen LogP contribution in [-0.2, 0) is 21.8 Å². The molecule has 2 atom stereocenters. The number of rotatable bonds is 5. The number of aromatic nitrogens is 5. The molecule has 2 heterocycles. The van der Waals surface area contributed by atoms with Gasteiger partial charge in [0.25, 0.3) is 0 Å². The van der Waals surface area contributed by atoms with Crippen LogP contribution in [0.3, 0.4) is 0 Å². The molecule has 0 aliphatic heterocycles. The highest BCUT2D eigenvalue weighted by molar-refractivity contribution is 6.28. The van der Waals surface area contributed by atoms with Crippen LogP contribution in [0.4, 0.5) is 5.69 Å². The number of nitrogens with one attached hydrogen (secondary N) is 1. The van der Waals surface area contributed by atoms with Crippen molar-refractivity contribution >= 4 is 23.2 Å². The van der Waals surface area contributed by atoms with Gasteiger partial charge in [-0.1, -0.05) is 0 Å². The predicted octanol–water partition coefficient (Wildman–Crippen LogP) is 2.67. The minimum absolute atomic E-state index is 0.101. The Morgan fingerprint density at radius 2 is 2.15 bits per heavy atom. The maximum absolute atomic E-state index is 13.4. The molecule has 144 valence electrons. The molecule has 9 heteroatoms. The molecule has 6 rings (SSSR count). The van der Waals surface area contributed by atoms with E-state index < -0.39 is 0 Å². The highest BCUT2D eigenvalue weighted by atomic mass is 35.5. The van der Waals surface area contributed by atoms with E-state index in [1.807, 2.05) is 4.68 Å². The Balaban J connectivity index is 1.42. The molecule has 0 aromatic carbocycles. The molecule has 2 unspecified atom stereocenters. The van der Waals surface area contributed by atoms with Gasteiger partial charge in [0.1, 0.15) is 13.1 Å². The number of hydrogen-bond donors (Lipinski definition) is 1. The lowest BCUT2D eigenvalue weighted by molar-refractivity contribution is -0.150. The molecule has 4 saturated carbocycles. The molecule has 8 nitrogen and oxygen atoms in total. The van der Waals surface area contributed by atoms with Crippen LogP contribution in [0.15, 0.2) is 18.7 Å². The molecule has 4 aliphatic carbocycles. The van der Waals surface area contributed by atoms with Crippen LogP contribution in [0.2, 0.25) is 5.28 Å². The van der Waals surface area contributed by atoms with Crippen molar-refractivity contribution in [3.05, 3.63) is 24.0 Å². The van der Waals surface area contributed by atoms with Crippen molar-refractivity contribution in [1.29, 1.82) is 0 Å². The summed E-state index contributed by atoms with van der Waals surface area (Å²) in [6, 6.07) is 0. The Morgan fingerprint density at radius 3 is 2.81 bits per heavy atom. The van der Waals surface area contributed by atoms with E-state index in [0.29, 0.717) is 24.3 Å². The first-order chi connectivity index (χ1) is 13.0. The fraction of sp³-hybridized carbons (Fsp3) is 0.667. The second-order valence-corrected chi connectivity index (χ2v) is 8.90. The molecule has 2 aromatic rings. The van der Waals surface area contributed by atoms with Crippen molar-refractivity contribution in [2.45, 2.75) is 50.8 Å². The molecule has 2 aromatic heterocycles. The largest absolute Gasteiger partial charge is 0.362 e. The average Bonchev–Trinajstić information content (AvgIpc) is 3.23. The Kier molecular flexibility index (Phi) is 3.84. The van der Waals surface area contributed by atoms with Gasteiger partial charge in [-0.25, -0.2) is 14.3 Å². The molecule has 27 heavy (non-hydrogen) atoms. The standard InChI is InChI=1S/C18H23ClN6O2/c1-27-11-24-8-14(7-21-24)22-15(26)17-3-12-2-13(4-17)6-18(5-12,9-17)25-10-20-16(19)23-25/h7-8,10,12-13H,2-6,9,11H2,1H3,(H,22,26). The van der Waals surface area contributed by atoms with Crippen molar-refractivity contribution in [3.8, 4) is 0 Å². The highest BCUT2D eigenvalue weighted by Crippen LogP contribution is 2.64. The highest BCUT2D eigenvalue weighted by Gasteiger charge is 2.61. The van der Waals surface area contributed by atoms with Gasteiger partial charge < -0.3 is 10.1 Å². The SMILES string of the molecule is COCn1cc(NC(=O)C23CC4CC(C2)CC(n2cnc(Cl)n2)(C4)C3)cn1. The number of hydrogen-bond acceptors (Lipinski definition) is 5. The lowest BCUT2D eigenvalue weighted by atomic mass is 9.46. The molecule has 0 radical (unpaired) electrons. The Morgan fingerprint density at radius 1 is 1.37 bits per heavy atom. The lowest BCUT2D eigenvalue weighted by Crippen LogP contribution is -2.60. The molecular formula is C18H23ClN6O2. The fourth-order valence-corrected chi connectivity index (χ4v) is 6.24. The van der Waals surface area contributed by atoms with Crippen LogP contribution in [0.25, 0.3) is 0 Å². The van der Waals surface area contributed by atoms with Crippen molar-refractivity contribution in [1.82, 2.24) is 24.5 Å². The molecule has 1 N–H and O–H groups in total. The Hall–Kier alpha value is -1.93. The molecule has 0 spiro atoms. The molecule has 0 saturated heterocycles. The first kappa shape index (κ1) is 17.2. The summed E-state index contributed by atoms with van der Waals surface area (Å²) >= 11 is 5.99. The summed E-state index contributed by atoms with van der Waals surface area (Å²) in [7, 11) is 1.62. The molecular weight excluding hydrogens is 368 g/mol. The van der Waals surface area contributed by atoms with Gasteiger partial charge in [0.2, 0.25) is 11.2 Å². The first-order valence-electron chi connectivity index (χ1n) is 9.41. The van der Waals surface area contributed by atoms with Crippen molar-refractivity contribution in [2.24, 2.45) is 17.3 Å². The zero-order chi connectivity index (χ0) is 18.6. The van der Waals surface area contributed by atoms with E-state index in [1.165, 1.54) is 6.42 Å². The van der Waals surface area contributed by atoms with Gasteiger partial charge in [0.05, 0.1) is 29.0 Å². The van der Waals surface area contributed by atoms with E-state index in [9.17, 15) is 4.79 Å². The quantitative estimate of drug-likeness (QED) is 0.848. The third kappa shape index (κ3) is 2.77. The Labute approximate surface area is 162 Å². The van der Waals surface area contributed by atoms with Crippen molar-refractivity contribution < 1.29 is 9.53 Å². The number of halogens is 1. The van der Waals surface area contributed by atoms with Crippen molar-refractivity contribution in [3.63, 3.8) is 0 Å². The van der Waals surface area contributed by atoms with Gasteiger partial charge in [-0.15, -0.1) is 5.10 Å². The zero-order valence-corrected chi connectivity index (χ0v) is 16.0. The fourth-order valence-electron chi connectivity index (χ4n) is 6.11. The van der Waals surface area contributed by atoms with E-state index in [4.69, 9.17) is 16.3 Å². The normalized spacial score (nSPS) is 34.1. The van der Waals surface area contributed by atoms with E-state index >= 15 is 0 Å². The maximum atomic E-state index is 13.4. The van der Waals surface area contributed by atoms with Crippen LogP contribution in [0, 0.1) is 17.3 Å². The zero-order valence-electron chi connectivity index (χ0n) is 15.3. The molecule has 4 fully saturated rings. The van der Waals surface area contributed by atoms with E-state index in [1.54, 1.807) is 30.5 Å². The van der Waals surface area contributed by atoms with Crippen LogP contribution < -0.4 is 5.32 Å². The average molecular weight is 391 g/mol. The third-order valence-electron chi connectivity index (χ3n) is 6.61. The van der Waals surface area contributed by atoms with E-state index in [-0.39, 0.29) is 22.1 Å². The van der Waals surface area contributed by atoms with Gasteiger partial charge >= 0.3 is 0 Å². The topological polar surface area (TPSA) is 86.9 Å². The van der Waals surface area contributed by atoms with Crippen LogP contribution >= 0.6 is 11.6 Å². The number of anilines is 1. The molecule has 4 bridgehead atoms. The summed E-state index contributed by atoms with van der Waals surface area (Å²) in [6.45, 7) is 0.362. The minimum Gasteiger partial charge on any atom is -0.362 e. The number of ether oxygens (including phenoxy) is 1. The smallest absolute Gasteiger partial charge is 0.242 e. The molecule has 4 aliphatic rings. The summed E-state index contributed by atoms with van der Waals surface area (Å²) < 4.78 is 8.67. The predicted molar refractivity (Wildman–Crippen MR) is 98.0 cm³/mol.